The van der Waals surface area contributed by atoms with E-state index in [2.05, 4.69) is 27.2 Å². The number of carbonyl (C=O) groups is 1. The number of nitrogens with zero attached hydrogens (tertiary/aromatic N) is 6. The zero-order valence-corrected chi connectivity index (χ0v) is 19.0. The molecule has 35 heavy (non-hydrogen) atoms. The minimum atomic E-state index is -0.349. The zero-order chi connectivity index (χ0) is 23.8. The van der Waals surface area contributed by atoms with Crippen LogP contribution in [0.4, 0.5) is 10.3 Å². The summed E-state index contributed by atoms with van der Waals surface area (Å²) in [4.78, 5) is 21.9. The van der Waals surface area contributed by atoms with Gasteiger partial charge in [0, 0.05) is 43.5 Å². The first-order valence-corrected chi connectivity index (χ1v) is 11.6. The fourth-order valence-corrected chi connectivity index (χ4v) is 4.61. The molecule has 0 N–H and O–H groups in total. The van der Waals surface area contributed by atoms with E-state index >= 15 is 0 Å². The number of amides is 1. The molecule has 0 unspecified atom stereocenters. The Labute approximate surface area is 201 Å². The number of para-hydroxylation sites is 1. The smallest absolute Gasteiger partial charge is 0.253 e. The van der Waals surface area contributed by atoms with Gasteiger partial charge in [0.15, 0.2) is 5.65 Å². The second-order valence-electron chi connectivity index (χ2n) is 8.65. The third-order valence-electron chi connectivity index (χ3n) is 6.44. The average Bonchev–Trinajstić information content (AvgIpc) is 3.33. The maximum atomic E-state index is 13.3. The third-order valence-corrected chi connectivity index (χ3v) is 6.44. The summed E-state index contributed by atoms with van der Waals surface area (Å²) in [6, 6.07) is 23.8. The summed E-state index contributed by atoms with van der Waals surface area (Å²) in [5.74, 6) is 1.17. The van der Waals surface area contributed by atoms with E-state index in [9.17, 15) is 9.18 Å². The Morgan fingerprint density at radius 3 is 2.31 bits per heavy atom. The minimum absolute atomic E-state index is 0.0877. The van der Waals surface area contributed by atoms with Gasteiger partial charge in [-0.05, 0) is 42.0 Å². The molecule has 0 aliphatic carbocycles. The van der Waals surface area contributed by atoms with Gasteiger partial charge >= 0.3 is 0 Å². The van der Waals surface area contributed by atoms with Crippen LogP contribution in [0.25, 0.3) is 16.6 Å². The van der Waals surface area contributed by atoms with Crippen LogP contribution in [0.3, 0.4) is 0 Å². The van der Waals surface area contributed by atoms with Crippen LogP contribution in [0.1, 0.15) is 21.7 Å². The van der Waals surface area contributed by atoms with Crippen LogP contribution in [0.5, 0.6) is 0 Å². The quantitative estimate of drug-likeness (QED) is 0.401. The van der Waals surface area contributed by atoms with Crippen molar-refractivity contribution in [2.24, 2.45) is 0 Å². The van der Waals surface area contributed by atoms with E-state index in [1.54, 1.807) is 4.90 Å². The van der Waals surface area contributed by atoms with E-state index in [0.717, 1.165) is 33.9 Å². The van der Waals surface area contributed by atoms with Crippen molar-refractivity contribution in [1.82, 2.24) is 24.5 Å². The van der Waals surface area contributed by atoms with Crippen LogP contribution in [0.2, 0.25) is 0 Å². The Balaban J connectivity index is 1.33. The van der Waals surface area contributed by atoms with Gasteiger partial charge in [-0.3, -0.25) is 4.79 Å². The van der Waals surface area contributed by atoms with Crippen LogP contribution in [-0.4, -0.2) is 56.6 Å². The molecule has 0 radical (unpaired) electrons. The first-order chi connectivity index (χ1) is 17.2. The van der Waals surface area contributed by atoms with Crippen LogP contribution < -0.4 is 4.90 Å². The molecule has 8 heteroatoms. The molecule has 2 aromatic heterocycles. The van der Waals surface area contributed by atoms with Crippen LogP contribution in [-0.2, 0) is 6.42 Å². The molecule has 174 valence electrons. The number of hydrogen-bond acceptors (Lipinski definition) is 5. The minimum Gasteiger partial charge on any atom is -0.338 e. The van der Waals surface area contributed by atoms with Crippen molar-refractivity contribution in [2.45, 2.75) is 6.42 Å². The fraction of sp³-hybridized carbons (Fsp3) is 0.185. The lowest BCUT2D eigenvalue weighted by Gasteiger charge is -2.35. The average molecular weight is 467 g/mol. The van der Waals surface area contributed by atoms with E-state index in [4.69, 9.17) is 4.98 Å². The summed E-state index contributed by atoms with van der Waals surface area (Å²) in [5, 5.41) is 10.0. The maximum absolute atomic E-state index is 13.3. The molecule has 7 nitrogen and oxygen atoms in total. The lowest BCUT2D eigenvalue weighted by molar-refractivity contribution is 0.0746. The van der Waals surface area contributed by atoms with Crippen molar-refractivity contribution in [2.75, 3.05) is 31.1 Å². The van der Waals surface area contributed by atoms with Gasteiger partial charge < -0.3 is 9.80 Å². The first kappa shape index (κ1) is 21.2. The van der Waals surface area contributed by atoms with Crippen molar-refractivity contribution in [3.8, 4) is 0 Å². The predicted octanol–water partition coefficient (Wildman–Crippen LogP) is 3.97. The van der Waals surface area contributed by atoms with E-state index in [1.807, 2.05) is 46.9 Å². The number of aromatic nitrogens is 4. The van der Waals surface area contributed by atoms with E-state index in [-0.39, 0.29) is 11.7 Å². The van der Waals surface area contributed by atoms with Crippen molar-refractivity contribution >= 4 is 28.4 Å². The summed E-state index contributed by atoms with van der Waals surface area (Å²) in [5.41, 5.74) is 3.28. The predicted molar refractivity (Wildman–Crippen MR) is 132 cm³/mol. The number of carbonyl (C=O) groups excluding carboxylic acids is 1. The Morgan fingerprint density at radius 1 is 0.829 bits per heavy atom. The molecular formula is C27H23FN6O. The zero-order valence-electron chi connectivity index (χ0n) is 19.0. The Hall–Kier alpha value is -4.33. The Morgan fingerprint density at radius 2 is 1.54 bits per heavy atom. The van der Waals surface area contributed by atoms with Crippen molar-refractivity contribution in [3.05, 3.63) is 102 Å². The van der Waals surface area contributed by atoms with Gasteiger partial charge in [0.1, 0.15) is 11.6 Å². The highest BCUT2D eigenvalue weighted by Crippen LogP contribution is 2.26. The molecule has 1 saturated heterocycles. The van der Waals surface area contributed by atoms with Crippen LogP contribution >= 0.6 is 0 Å². The number of rotatable bonds is 4. The molecule has 0 saturated carbocycles. The second kappa shape index (κ2) is 8.79. The van der Waals surface area contributed by atoms with Gasteiger partial charge in [-0.25, -0.2) is 13.8 Å². The first-order valence-electron chi connectivity index (χ1n) is 11.6. The normalized spacial score (nSPS) is 14.1. The molecule has 5 aromatic rings. The molecule has 1 amide bonds. The van der Waals surface area contributed by atoms with Gasteiger partial charge in [0.2, 0.25) is 5.95 Å². The molecule has 0 atom stereocenters. The lowest BCUT2D eigenvalue weighted by atomic mass is 10.1. The number of hydrogen-bond donors (Lipinski definition) is 0. The fourth-order valence-electron chi connectivity index (χ4n) is 4.61. The maximum Gasteiger partial charge on any atom is 0.253 e. The summed E-state index contributed by atoms with van der Waals surface area (Å²) in [6.07, 6.45) is 0.637. The third kappa shape index (κ3) is 3.97. The number of piperazine rings is 1. The molecule has 3 aromatic carbocycles. The molecular weight excluding hydrogens is 443 g/mol. The van der Waals surface area contributed by atoms with Crippen LogP contribution in [0, 0.1) is 5.82 Å². The largest absolute Gasteiger partial charge is 0.338 e. The molecule has 1 aliphatic heterocycles. The lowest BCUT2D eigenvalue weighted by Crippen LogP contribution is -2.49. The molecule has 6 rings (SSSR count). The molecule has 3 heterocycles. The summed E-state index contributed by atoms with van der Waals surface area (Å²) in [7, 11) is 0. The Bertz CT molecular complexity index is 1510. The summed E-state index contributed by atoms with van der Waals surface area (Å²) < 4.78 is 15.3. The second-order valence-corrected chi connectivity index (χ2v) is 8.65. The number of fused-ring (bicyclic) bond motifs is 3. The monoisotopic (exact) mass is 466 g/mol. The van der Waals surface area contributed by atoms with Crippen LogP contribution in [0.15, 0.2) is 78.9 Å². The van der Waals surface area contributed by atoms with Gasteiger partial charge in [-0.15, -0.1) is 10.2 Å². The SMILES string of the molecule is O=C(c1ccc(F)cc1)N1CCN(c2nc3ccccc3c3nnc(Cc4ccccc4)n23)CC1. The highest BCUT2D eigenvalue weighted by Gasteiger charge is 2.26. The standard InChI is InChI=1S/C27H23FN6O/c28-21-12-10-20(11-13-21)26(35)32-14-16-33(17-15-32)27-29-23-9-5-4-8-22(23)25-31-30-24(34(25)27)18-19-6-2-1-3-7-19/h1-13H,14-18H2. The number of benzene rings is 3. The van der Waals surface area contributed by atoms with Gasteiger partial charge in [-0.2, -0.15) is 0 Å². The van der Waals surface area contributed by atoms with Crippen molar-refractivity contribution < 1.29 is 9.18 Å². The summed E-state index contributed by atoms with van der Waals surface area (Å²) in [6.45, 7) is 2.33. The molecule has 0 bridgehead atoms. The molecule has 1 aliphatic rings. The van der Waals surface area contributed by atoms with E-state index in [1.165, 1.54) is 24.3 Å². The van der Waals surface area contributed by atoms with Gasteiger partial charge in [0.25, 0.3) is 5.91 Å². The highest BCUT2D eigenvalue weighted by atomic mass is 19.1. The Kier molecular flexibility index (Phi) is 5.33. The number of halogens is 1. The number of anilines is 1. The van der Waals surface area contributed by atoms with E-state index < -0.39 is 0 Å². The van der Waals surface area contributed by atoms with E-state index in [0.29, 0.717) is 38.2 Å². The van der Waals surface area contributed by atoms with Crippen molar-refractivity contribution in [3.63, 3.8) is 0 Å². The highest BCUT2D eigenvalue weighted by molar-refractivity contribution is 5.94. The summed E-state index contributed by atoms with van der Waals surface area (Å²) >= 11 is 0. The van der Waals surface area contributed by atoms with Gasteiger partial charge in [0.05, 0.1) is 5.52 Å². The molecule has 0 spiro atoms. The van der Waals surface area contributed by atoms with Gasteiger partial charge in [-0.1, -0.05) is 42.5 Å². The molecule has 1 fully saturated rings. The van der Waals surface area contributed by atoms with Crippen molar-refractivity contribution in [1.29, 1.82) is 0 Å². The topological polar surface area (TPSA) is 66.6 Å².